The average Bonchev–Trinajstić information content (AvgIpc) is 2.52. The molecule has 2 amide bonds. The molecule has 2 heterocycles. The monoisotopic (exact) mass is 210 g/mol. The molecule has 0 aromatic carbocycles. The molecule has 0 radical (unpaired) electrons. The minimum atomic E-state index is -0.186. The third-order valence-electron chi connectivity index (χ3n) is 2.77. The number of amides is 2. The zero-order valence-corrected chi connectivity index (χ0v) is 8.53. The number of rotatable bonds is 2. The first-order valence-corrected chi connectivity index (χ1v) is 4.93. The molecule has 0 spiro atoms. The Morgan fingerprint density at radius 1 is 1.67 bits per heavy atom. The van der Waals surface area contributed by atoms with Crippen molar-refractivity contribution in [3.8, 4) is 0 Å². The molecule has 7 nitrogen and oxygen atoms in total. The van der Waals surface area contributed by atoms with Crippen LogP contribution in [0, 0.1) is 5.41 Å². The summed E-state index contributed by atoms with van der Waals surface area (Å²) in [6.45, 7) is 0.691. The summed E-state index contributed by atoms with van der Waals surface area (Å²) in [6, 6.07) is -0.00825. The van der Waals surface area contributed by atoms with E-state index in [1.165, 1.54) is 7.05 Å². The highest BCUT2D eigenvalue weighted by molar-refractivity contribution is 5.90. The van der Waals surface area contributed by atoms with Gasteiger partial charge in [0.25, 0.3) is 0 Å². The molecule has 2 saturated heterocycles. The van der Waals surface area contributed by atoms with Crippen LogP contribution in [0.25, 0.3) is 0 Å². The lowest BCUT2D eigenvalue weighted by Gasteiger charge is -2.30. The molecule has 2 fully saturated rings. The maximum absolute atomic E-state index is 11.5. The summed E-state index contributed by atoms with van der Waals surface area (Å²) in [7, 11) is 1.53. The van der Waals surface area contributed by atoms with Crippen LogP contribution in [0.4, 0.5) is 4.79 Å². The Kier molecular flexibility index (Phi) is 2.53. The van der Waals surface area contributed by atoms with Gasteiger partial charge < -0.3 is 10.2 Å². The van der Waals surface area contributed by atoms with Crippen molar-refractivity contribution in [2.24, 2.45) is 10.3 Å². The lowest BCUT2D eigenvalue weighted by molar-refractivity contribution is 0.203. The van der Waals surface area contributed by atoms with Gasteiger partial charge in [-0.2, -0.15) is 5.11 Å². The molecule has 82 valence electrons. The number of carbonyl (C=O) groups excluding carboxylic acids is 1. The van der Waals surface area contributed by atoms with Crippen molar-refractivity contribution in [1.29, 1.82) is 5.41 Å². The maximum Gasteiger partial charge on any atom is 0.318 e. The van der Waals surface area contributed by atoms with Crippen molar-refractivity contribution in [2.45, 2.75) is 24.9 Å². The van der Waals surface area contributed by atoms with Gasteiger partial charge in [-0.25, -0.2) is 10.2 Å². The number of nitrogens with one attached hydrogen (secondary N) is 3. The second-order valence-electron chi connectivity index (χ2n) is 3.72. The number of nitrogens with zero attached hydrogens (tertiary/aromatic N) is 3. The van der Waals surface area contributed by atoms with E-state index in [0.717, 1.165) is 12.8 Å². The molecule has 2 aliphatic heterocycles. The molecule has 2 rings (SSSR count). The number of urea groups is 1. The predicted octanol–water partition coefficient (Wildman–Crippen LogP) is 0.106. The summed E-state index contributed by atoms with van der Waals surface area (Å²) < 4.78 is 0. The molecular weight excluding hydrogens is 196 g/mol. The smallest absolute Gasteiger partial charge is 0.318 e. The highest BCUT2D eigenvalue weighted by Crippen LogP contribution is 2.22. The van der Waals surface area contributed by atoms with Gasteiger partial charge >= 0.3 is 6.03 Å². The van der Waals surface area contributed by atoms with Gasteiger partial charge in [0.2, 0.25) is 0 Å². The highest BCUT2D eigenvalue weighted by atomic mass is 16.2. The topological polar surface area (TPSA) is 92.9 Å². The maximum atomic E-state index is 11.5. The van der Waals surface area contributed by atoms with Crippen LogP contribution < -0.4 is 10.7 Å². The van der Waals surface area contributed by atoms with E-state index in [-0.39, 0.29) is 24.0 Å². The lowest BCUT2D eigenvalue weighted by atomic mass is 10.0. The van der Waals surface area contributed by atoms with Crippen LogP contribution in [0.2, 0.25) is 0 Å². The molecule has 0 aliphatic carbocycles. The predicted molar refractivity (Wildman–Crippen MR) is 53.7 cm³/mol. The second-order valence-corrected chi connectivity index (χ2v) is 3.72. The summed E-state index contributed by atoms with van der Waals surface area (Å²) in [5.41, 5.74) is 2.53. The molecule has 3 N–H and O–H groups in total. The van der Waals surface area contributed by atoms with Gasteiger partial charge in [-0.1, -0.05) is 5.22 Å². The van der Waals surface area contributed by atoms with E-state index in [9.17, 15) is 4.79 Å². The molecule has 0 saturated carbocycles. The standard InChI is InChI=1S/C8H14N6O/c1-10-13-12-7(9)6-3-2-5-4-14(6)8(15)11-5/h5-6H,2-4H2,1H3,(H,11,15)(H2,9,10,12)/t5-,6+/m1/s1. The Hall–Kier alpha value is -1.66. The molecule has 15 heavy (non-hydrogen) atoms. The summed E-state index contributed by atoms with van der Waals surface area (Å²) in [6.07, 6.45) is 1.72. The van der Waals surface area contributed by atoms with Crippen LogP contribution in [-0.4, -0.2) is 42.4 Å². The van der Waals surface area contributed by atoms with Crippen LogP contribution in [0.3, 0.4) is 0 Å². The summed E-state index contributed by atoms with van der Waals surface area (Å²) in [5, 5.41) is 17.7. The Morgan fingerprint density at radius 2 is 2.47 bits per heavy atom. The van der Waals surface area contributed by atoms with E-state index >= 15 is 0 Å². The zero-order valence-electron chi connectivity index (χ0n) is 8.53. The van der Waals surface area contributed by atoms with Crippen molar-refractivity contribution in [3.63, 3.8) is 0 Å². The SMILES string of the molecule is CN=NNC(=N)[C@@H]1CC[C@@H]2CN1C(=O)N2. The van der Waals surface area contributed by atoms with E-state index < -0.39 is 0 Å². The number of carbonyl (C=O) groups is 1. The minimum Gasteiger partial charge on any atom is -0.333 e. The molecule has 2 atom stereocenters. The Bertz CT molecular complexity index is 314. The van der Waals surface area contributed by atoms with Crippen molar-refractivity contribution < 1.29 is 4.79 Å². The van der Waals surface area contributed by atoms with E-state index in [0.29, 0.717) is 6.54 Å². The van der Waals surface area contributed by atoms with Gasteiger partial charge in [0.1, 0.15) is 5.84 Å². The van der Waals surface area contributed by atoms with Crippen LogP contribution in [0.5, 0.6) is 0 Å². The first kappa shape index (κ1) is 9.88. The van der Waals surface area contributed by atoms with E-state index in [1.807, 2.05) is 0 Å². The van der Waals surface area contributed by atoms with Crippen molar-refractivity contribution >= 4 is 11.9 Å². The summed E-state index contributed by atoms with van der Waals surface area (Å²) in [4.78, 5) is 13.2. The van der Waals surface area contributed by atoms with E-state index in [2.05, 4.69) is 21.1 Å². The van der Waals surface area contributed by atoms with E-state index in [1.54, 1.807) is 4.90 Å². The van der Waals surface area contributed by atoms with Crippen LogP contribution in [0.15, 0.2) is 10.3 Å². The molecule has 7 heteroatoms. The average molecular weight is 210 g/mol. The minimum absolute atomic E-state index is 0.0810. The van der Waals surface area contributed by atoms with Gasteiger partial charge in [0.15, 0.2) is 0 Å². The third-order valence-corrected chi connectivity index (χ3v) is 2.77. The van der Waals surface area contributed by atoms with Crippen molar-refractivity contribution in [3.05, 3.63) is 0 Å². The molecular formula is C8H14N6O. The van der Waals surface area contributed by atoms with Crippen molar-refractivity contribution in [1.82, 2.24) is 15.6 Å². The molecule has 2 bridgehead atoms. The van der Waals surface area contributed by atoms with Crippen molar-refractivity contribution in [2.75, 3.05) is 13.6 Å². The van der Waals surface area contributed by atoms with Gasteiger partial charge in [-0.3, -0.25) is 5.41 Å². The Balaban J connectivity index is 2.03. The number of amidine groups is 1. The zero-order chi connectivity index (χ0) is 10.8. The number of fused-ring (bicyclic) bond motifs is 2. The second kappa shape index (κ2) is 3.84. The Labute approximate surface area is 87.4 Å². The normalized spacial score (nSPS) is 29.4. The first-order valence-electron chi connectivity index (χ1n) is 4.93. The van der Waals surface area contributed by atoms with E-state index in [4.69, 9.17) is 5.41 Å². The van der Waals surface area contributed by atoms with Gasteiger partial charge in [-0.15, -0.1) is 0 Å². The molecule has 0 unspecified atom stereocenters. The number of hydrogen-bond acceptors (Lipinski definition) is 4. The summed E-state index contributed by atoms with van der Waals surface area (Å²) in [5.74, 6) is 0.233. The number of hydrogen-bond donors (Lipinski definition) is 3. The summed E-state index contributed by atoms with van der Waals surface area (Å²) >= 11 is 0. The van der Waals surface area contributed by atoms with Crippen LogP contribution >= 0.6 is 0 Å². The fourth-order valence-corrected chi connectivity index (χ4v) is 2.05. The molecule has 2 aliphatic rings. The van der Waals surface area contributed by atoms with Gasteiger partial charge in [-0.05, 0) is 12.8 Å². The number of piperidine rings is 1. The third kappa shape index (κ3) is 1.77. The molecule has 0 aromatic heterocycles. The van der Waals surface area contributed by atoms with Gasteiger partial charge in [0.05, 0.1) is 13.1 Å². The van der Waals surface area contributed by atoms with Gasteiger partial charge in [0, 0.05) is 12.6 Å². The molecule has 0 aromatic rings. The largest absolute Gasteiger partial charge is 0.333 e. The lowest BCUT2D eigenvalue weighted by Crippen LogP contribution is -2.48. The van der Waals surface area contributed by atoms with Crippen LogP contribution in [-0.2, 0) is 0 Å². The Morgan fingerprint density at radius 3 is 3.20 bits per heavy atom. The highest BCUT2D eigenvalue weighted by Gasteiger charge is 2.40. The fourth-order valence-electron chi connectivity index (χ4n) is 2.05. The van der Waals surface area contributed by atoms with Crippen LogP contribution in [0.1, 0.15) is 12.8 Å². The quantitative estimate of drug-likeness (QED) is 0.261. The fraction of sp³-hybridized carbons (Fsp3) is 0.750. The first-order chi connectivity index (χ1) is 7.22.